The molecule has 0 unspecified atom stereocenters. The topological polar surface area (TPSA) is 46.4 Å². The van der Waals surface area contributed by atoms with E-state index in [4.69, 9.17) is 0 Å². The van der Waals surface area contributed by atoms with Crippen molar-refractivity contribution in [1.82, 2.24) is 0 Å². The number of rotatable bonds is 3. The smallest absolute Gasteiger partial charge is 0.274 e. The lowest BCUT2D eigenvalue weighted by Gasteiger charge is -2.21. The van der Waals surface area contributed by atoms with E-state index in [1.165, 1.54) is 12.1 Å². The molecule has 0 aliphatic heterocycles. The number of anilines is 2. The van der Waals surface area contributed by atoms with Gasteiger partial charge in [-0.1, -0.05) is 18.2 Å². The monoisotopic (exact) mass is 260 g/mol. The van der Waals surface area contributed by atoms with Crippen LogP contribution in [0, 0.1) is 22.9 Å². The Hall–Kier alpha value is -2.43. The molecular formula is C14H13FN2O2. The van der Waals surface area contributed by atoms with Gasteiger partial charge in [-0.3, -0.25) is 10.1 Å². The van der Waals surface area contributed by atoms with E-state index in [9.17, 15) is 14.5 Å². The number of aryl methyl sites for hydroxylation is 1. The lowest BCUT2D eigenvalue weighted by molar-refractivity contribution is -0.385. The Kier molecular flexibility index (Phi) is 3.46. The number of halogens is 1. The zero-order valence-electron chi connectivity index (χ0n) is 10.6. The molecule has 0 amide bonds. The first-order valence-corrected chi connectivity index (χ1v) is 5.73. The average molecular weight is 260 g/mol. The number of nitrogens with zero attached hydrogens (tertiary/aromatic N) is 2. The molecule has 0 N–H and O–H groups in total. The van der Waals surface area contributed by atoms with Gasteiger partial charge in [-0.2, -0.15) is 0 Å². The second-order valence-electron chi connectivity index (χ2n) is 4.27. The van der Waals surface area contributed by atoms with Gasteiger partial charge in [-0.05, 0) is 24.6 Å². The summed E-state index contributed by atoms with van der Waals surface area (Å²) < 4.78 is 13.4. The number of nitro benzene ring substituents is 1. The van der Waals surface area contributed by atoms with Crippen LogP contribution in [0.25, 0.3) is 0 Å². The van der Waals surface area contributed by atoms with Gasteiger partial charge in [0.05, 0.1) is 16.7 Å². The van der Waals surface area contributed by atoms with Gasteiger partial charge < -0.3 is 4.90 Å². The molecule has 0 bridgehead atoms. The van der Waals surface area contributed by atoms with Gasteiger partial charge in [0.2, 0.25) is 0 Å². The second-order valence-corrected chi connectivity index (χ2v) is 4.27. The zero-order chi connectivity index (χ0) is 14.0. The summed E-state index contributed by atoms with van der Waals surface area (Å²) in [6, 6.07) is 11.1. The van der Waals surface area contributed by atoms with E-state index in [0.29, 0.717) is 5.69 Å². The number of nitro groups is 1. The number of benzene rings is 2. The Bertz CT molecular complexity index is 629. The maximum atomic E-state index is 13.4. The molecule has 0 aliphatic carbocycles. The molecule has 2 aromatic rings. The van der Waals surface area contributed by atoms with Gasteiger partial charge in [0.25, 0.3) is 5.69 Å². The summed E-state index contributed by atoms with van der Waals surface area (Å²) in [5.41, 5.74) is 2.08. The molecule has 0 heterocycles. The first-order valence-electron chi connectivity index (χ1n) is 5.73. The van der Waals surface area contributed by atoms with Crippen molar-refractivity contribution in [2.45, 2.75) is 6.92 Å². The third kappa shape index (κ3) is 2.70. The fourth-order valence-electron chi connectivity index (χ4n) is 1.94. The SMILES string of the molecule is Cc1ccccc1N(C)c1cc(F)cc([N+](=O)[O-])c1. The van der Waals surface area contributed by atoms with Crippen LogP contribution in [0.5, 0.6) is 0 Å². The van der Waals surface area contributed by atoms with Crippen LogP contribution in [0.2, 0.25) is 0 Å². The van der Waals surface area contributed by atoms with Crippen molar-refractivity contribution in [3.8, 4) is 0 Å². The third-order valence-electron chi connectivity index (χ3n) is 2.94. The van der Waals surface area contributed by atoms with Gasteiger partial charge >= 0.3 is 0 Å². The summed E-state index contributed by atoms with van der Waals surface area (Å²) in [6.45, 7) is 1.93. The zero-order valence-corrected chi connectivity index (χ0v) is 10.6. The Morgan fingerprint density at radius 3 is 2.53 bits per heavy atom. The minimum atomic E-state index is -0.621. The molecule has 2 aromatic carbocycles. The Morgan fingerprint density at radius 2 is 1.89 bits per heavy atom. The Labute approximate surface area is 110 Å². The molecule has 0 aromatic heterocycles. The van der Waals surface area contributed by atoms with Crippen molar-refractivity contribution in [3.63, 3.8) is 0 Å². The summed E-state index contributed by atoms with van der Waals surface area (Å²) in [6.07, 6.45) is 0. The molecule has 5 heteroatoms. The van der Waals surface area contributed by atoms with Crippen molar-refractivity contribution in [2.75, 3.05) is 11.9 Å². The van der Waals surface area contributed by atoms with E-state index in [-0.39, 0.29) is 5.69 Å². The lowest BCUT2D eigenvalue weighted by atomic mass is 10.1. The average Bonchev–Trinajstić information content (AvgIpc) is 2.37. The van der Waals surface area contributed by atoms with E-state index < -0.39 is 10.7 Å². The number of para-hydroxylation sites is 1. The standard InChI is InChI=1S/C14H13FN2O2/c1-10-5-3-4-6-14(10)16(2)12-7-11(15)8-13(9-12)17(18)19/h3-9H,1-2H3. The molecule has 19 heavy (non-hydrogen) atoms. The number of non-ortho nitro benzene ring substituents is 1. The molecule has 0 atom stereocenters. The van der Waals surface area contributed by atoms with Crippen LogP contribution in [-0.4, -0.2) is 12.0 Å². The minimum absolute atomic E-state index is 0.254. The van der Waals surface area contributed by atoms with Crippen LogP contribution in [-0.2, 0) is 0 Å². The summed E-state index contributed by atoms with van der Waals surface area (Å²) >= 11 is 0. The van der Waals surface area contributed by atoms with Crippen LogP contribution in [0.15, 0.2) is 42.5 Å². The lowest BCUT2D eigenvalue weighted by Crippen LogP contribution is -2.11. The molecule has 0 spiro atoms. The van der Waals surface area contributed by atoms with Gasteiger partial charge in [-0.15, -0.1) is 0 Å². The van der Waals surface area contributed by atoms with Crippen molar-refractivity contribution >= 4 is 17.1 Å². The molecule has 0 radical (unpaired) electrons. The Balaban J connectivity index is 2.47. The van der Waals surface area contributed by atoms with Crippen molar-refractivity contribution in [1.29, 1.82) is 0 Å². The number of hydrogen-bond acceptors (Lipinski definition) is 3. The number of hydrogen-bond donors (Lipinski definition) is 0. The largest absolute Gasteiger partial charge is 0.344 e. The molecule has 98 valence electrons. The fraction of sp³-hybridized carbons (Fsp3) is 0.143. The summed E-state index contributed by atoms with van der Waals surface area (Å²) in [7, 11) is 1.75. The highest BCUT2D eigenvalue weighted by atomic mass is 19.1. The van der Waals surface area contributed by atoms with Crippen molar-refractivity contribution in [2.24, 2.45) is 0 Å². The van der Waals surface area contributed by atoms with Crippen LogP contribution < -0.4 is 4.90 Å². The van der Waals surface area contributed by atoms with Crippen LogP contribution in [0.3, 0.4) is 0 Å². The van der Waals surface area contributed by atoms with E-state index in [1.54, 1.807) is 11.9 Å². The second kappa shape index (κ2) is 5.06. The molecule has 0 fully saturated rings. The van der Waals surface area contributed by atoms with E-state index in [2.05, 4.69) is 0 Å². The van der Waals surface area contributed by atoms with E-state index in [1.807, 2.05) is 31.2 Å². The van der Waals surface area contributed by atoms with Gasteiger partial charge in [-0.25, -0.2) is 4.39 Å². The van der Waals surface area contributed by atoms with Gasteiger partial charge in [0.1, 0.15) is 5.82 Å². The first-order chi connectivity index (χ1) is 8.99. The van der Waals surface area contributed by atoms with Crippen molar-refractivity contribution < 1.29 is 9.31 Å². The predicted octanol–water partition coefficient (Wildman–Crippen LogP) is 3.81. The summed E-state index contributed by atoms with van der Waals surface area (Å²) in [5.74, 6) is -0.621. The third-order valence-corrected chi connectivity index (χ3v) is 2.94. The maximum Gasteiger partial charge on any atom is 0.274 e. The van der Waals surface area contributed by atoms with Crippen LogP contribution >= 0.6 is 0 Å². The molecule has 2 rings (SSSR count). The van der Waals surface area contributed by atoms with Gasteiger partial charge in [0, 0.05) is 18.8 Å². The van der Waals surface area contributed by atoms with E-state index in [0.717, 1.165) is 17.3 Å². The Morgan fingerprint density at radius 1 is 1.21 bits per heavy atom. The highest BCUT2D eigenvalue weighted by Gasteiger charge is 2.14. The molecule has 0 saturated carbocycles. The highest BCUT2D eigenvalue weighted by Crippen LogP contribution is 2.29. The minimum Gasteiger partial charge on any atom is -0.344 e. The molecule has 4 nitrogen and oxygen atoms in total. The van der Waals surface area contributed by atoms with Gasteiger partial charge in [0.15, 0.2) is 0 Å². The quantitative estimate of drug-likeness (QED) is 0.622. The fourth-order valence-corrected chi connectivity index (χ4v) is 1.94. The van der Waals surface area contributed by atoms with E-state index >= 15 is 0 Å². The predicted molar refractivity (Wildman–Crippen MR) is 72.3 cm³/mol. The maximum absolute atomic E-state index is 13.4. The van der Waals surface area contributed by atoms with Crippen molar-refractivity contribution in [3.05, 3.63) is 64.0 Å². The summed E-state index contributed by atoms with van der Waals surface area (Å²) in [4.78, 5) is 11.9. The summed E-state index contributed by atoms with van der Waals surface area (Å²) in [5, 5.41) is 10.8. The molecule has 0 aliphatic rings. The first kappa shape index (κ1) is 13.0. The normalized spacial score (nSPS) is 10.3. The van der Waals surface area contributed by atoms with Crippen LogP contribution in [0.1, 0.15) is 5.56 Å². The highest BCUT2D eigenvalue weighted by molar-refractivity contribution is 5.67. The molecule has 0 saturated heterocycles. The van der Waals surface area contributed by atoms with Crippen LogP contribution in [0.4, 0.5) is 21.5 Å². The molecular weight excluding hydrogens is 247 g/mol.